The van der Waals surface area contributed by atoms with Crippen molar-refractivity contribution < 1.29 is 9.53 Å². The number of carbonyl (C=O) groups excluding carboxylic acids is 1. The molecule has 0 heterocycles. The summed E-state index contributed by atoms with van der Waals surface area (Å²) in [6, 6.07) is 6.67. The van der Waals surface area contributed by atoms with Crippen LogP contribution < -0.4 is 0 Å². The molecule has 0 spiro atoms. The van der Waals surface area contributed by atoms with Crippen LogP contribution in [0.15, 0.2) is 22.7 Å². The van der Waals surface area contributed by atoms with Gasteiger partial charge in [0.05, 0.1) is 7.11 Å². The van der Waals surface area contributed by atoms with Gasteiger partial charge in [0.25, 0.3) is 6.47 Å². The quantitative estimate of drug-likeness (QED) is 0.680. The zero-order chi connectivity index (χ0) is 15.5. The van der Waals surface area contributed by atoms with E-state index in [9.17, 15) is 0 Å². The fourth-order valence-corrected chi connectivity index (χ4v) is 2.86. The lowest BCUT2D eigenvalue weighted by molar-refractivity contribution is -0.126. The molecule has 2 unspecified atom stereocenters. The molecule has 1 fully saturated rings. The van der Waals surface area contributed by atoms with Gasteiger partial charge in [-0.25, -0.2) is 0 Å². The van der Waals surface area contributed by atoms with E-state index in [0.29, 0.717) is 6.47 Å². The van der Waals surface area contributed by atoms with Gasteiger partial charge in [-0.1, -0.05) is 49.2 Å². The monoisotopic (exact) mass is 342 g/mol. The topological polar surface area (TPSA) is 26.3 Å². The van der Waals surface area contributed by atoms with E-state index in [1.807, 2.05) is 13.8 Å². The zero-order valence-corrected chi connectivity index (χ0v) is 14.9. The highest BCUT2D eigenvalue weighted by Crippen LogP contribution is 2.45. The average molecular weight is 343 g/mol. The standard InChI is InChI=1S/C13H17Br.C2H4O2.C2H6/c1-3-10-5-7-12(10)13-8-11(14)6-4-9(13)2;1-4-2-3;1-2/h4,6,8,10,12H,3,5,7H2,1-2H3;2H,1H3;1-2H3. The molecule has 20 heavy (non-hydrogen) atoms. The van der Waals surface area contributed by atoms with Crippen molar-refractivity contribution in [3.8, 4) is 0 Å². The highest BCUT2D eigenvalue weighted by atomic mass is 79.9. The lowest BCUT2D eigenvalue weighted by Crippen LogP contribution is -2.23. The van der Waals surface area contributed by atoms with Gasteiger partial charge in [-0.05, 0) is 54.9 Å². The molecular formula is C17H27BrO2. The van der Waals surface area contributed by atoms with Crippen molar-refractivity contribution in [3.63, 3.8) is 0 Å². The molecule has 0 aliphatic heterocycles. The molecule has 2 atom stereocenters. The summed E-state index contributed by atoms with van der Waals surface area (Å²) in [6.07, 6.45) is 4.14. The molecule has 1 aliphatic rings. The Bertz CT molecular complexity index is 389. The first-order valence-electron chi connectivity index (χ1n) is 7.36. The van der Waals surface area contributed by atoms with Crippen molar-refractivity contribution in [2.24, 2.45) is 5.92 Å². The van der Waals surface area contributed by atoms with Gasteiger partial charge in [-0.2, -0.15) is 0 Å². The van der Waals surface area contributed by atoms with E-state index in [-0.39, 0.29) is 0 Å². The second-order valence-corrected chi connectivity index (χ2v) is 5.60. The van der Waals surface area contributed by atoms with Gasteiger partial charge in [0.2, 0.25) is 0 Å². The summed E-state index contributed by atoms with van der Waals surface area (Å²) in [4.78, 5) is 8.95. The van der Waals surface area contributed by atoms with Gasteiger partial charge in [0.15, 0.2) is 0 Å². The molecule has 0 amide bonds. The lowest BCUT2D eigenvalue weighted by atomic mass is 9.68. The Morgan fingerprint density at radius 2 is 1.95 bits per heavy atom. The minimum Gasteiger partial charge on any atom is -0.471 e. The Hall–Kier alpha value is -0.830. The molecule has 2 nitrogen and oxygen atoms in total. The molecular weight excluding hydrogens is 316 g/mol. The molecule has 0 saturated heterocycles. The van der Waals surface area contributed by atoms with Crippen LogP contribution in [0.2, 0.25) is 0 Å². The predicted molar refractivity (Wildman–Crippen MR) is 89.1 cm³/mol. The van der Waals surface area contributed by atoms with Crippen molar-refractivity contribution in [3.05, 3.63) is 33.8 Å². The molecule has 2 rings (SSSR count). The second-order valence-electron chi connectivity index (χ2n) is 4.69. The predicted octanol–water partition coefficient (Wildman–Crippen LogP) is 5.48. The summed E-state index contributed by atoms with van der Waals surface area (Å²) >= 11 is 3.56. The minimum absolute atomic E-state index is 0.375. The molecule has 0 radical (unpaired) electrons. The second kappa shape index (κ2) is 10.9. The maximum absolute atomic E-state index is 8.95. The van der Waals surface area contributed by atoms with Crippen LogP contribution in [-0.4, -0.2) is 13.6 Å². The third-order valence-electron chi connectivity index (χ3n) is 3.68. The number of benzene rings is 1. The molecule has 114 valence electrons. The Kier molecular flexibility index (Phi) is 10.4. The van der Waals surface area contributed by atoms with Crippen molar-refractivity contribution in [2.75, 3.05) is 7.11 Å². The fraction of sp³-hybridized carbons (Fsp3) is 0.588. The van der Waals surface area contributed by atoms with Crippen LogP contribution in [0.1, 0.15) is 57.1 Å². The summed E-state index contributed by atoms with van der Waals surface area (Å²) in [5.74, 6) is 1.76. The van der Waals surface area contributed by atoms with Crippen LogP contribution in [0.4, 0.5) is 0 Å². The Morgan fingerprint density at radius 1 is 1.35 bits per heavy atom. The number of ether oxygens (including phenoxy) is 1. The summed E-state index contributed by atoms with van der Waals surface area (Å²) in [5, 5.41) is 0. The van der Waals surface area contributed by atoms with E-state index in [1.165, 1.54) is 36.4 Å². The van der Waals surface area contributed by atoms with Crippen molar-refractivity contribution in [2.45, 2.75) is 52.9 Å². The number of hydrogen-bond donors (Lipinski definition) is 0. The molecule has 0 aromatic heterocycles. The smallest absolute Gasteiger partial charge is 0.292 e. The van der Waals surface area contributed by atoms with Gasteiger partial charge >= 0.3 is 0 Å². The summed E-state index contributed by atoms with van der Waals surface area (Å²) in [7, 11) is 1.31. The van der Waals surface area contributed by atoms with Crippen LogP contribution in [0.3, 0.4) is 0 Å². The molecule has 1 saturated carbocycles. The van der Waals surface area contributed by atoms with Crippen LogP contribution in [0.5, 0.6) is 0 Å². The first-order chi connectivity index (χ1) is 9.63. The normalized spacial score (nSPS) is 19.5. The minimum atomic E-state index is 0.375. The third-order valence-corrected chi connectivity index (χ3v) is 4.17. The molecule has 1 aromatic carbocycles. The number of halogens is 1. The van der Waals surface area contributed by atoms with Gasteiger partial charge < -0.3 is 4.74 Å². The number of carbonyl (C=O) groups is 1. The molecule has 3 heteroatoms. The van der Waals surface area contributed by atoms with Crippen molar-refractivity contribution in [1.82, 2.24) is 0 Å². The zero-order valence-electron chi connectivity index (χ0n) is 13.3. The van der Waals surface area contributed by atoms with Crippen LogP contribution in [0, 0.1) is 12.8 Å². The van der Waals surface area contributed by atoms with Gasteiger partial charge in [0, 0.05) is 4.47 Å². The van der Waals surface area contributed by atoms with Crippen LogP contribution >= 0.6 is 15.9 Å². The molecule has 1 aromatic rings. The lowest BCUT2D eigenvalue weighted by Gasteiger charge is -2.37. The SMILES string of the molecule is CC.CCC1CCC1c1cc(Br)ccc1C.COC=O. The van der Waals surface area contributed by atoms with E-state index in [1.54, 1.807) is 5.56 Å². The highest BCUT2D eigenvalue weighted by Gasteiger charge is 2.31. The average Bonchev–Trinajstić information content (AvgIpc) is 2.45. The van der Waals surface area contributed by atoms with Gasteiger partial charge in [-0.15, -0.1) is 0 Å². The Balaban J connectivity index is 0.000000521. The largest absolute Gasteiger partial charge is 0.471 e. The van der Waals surface area contributed by atoms with E-state index in [2.05, 4.69) is 52.7 Å². The number of aryl methyl sites for hydroxylation is 1. The number of hydrogen-bond acceptors (Lipinski definition) is 2. The molecule has 0 bridgehead atoms. The Labute approximate surface area is 132 Å². The van der Waals surface area contributed by atoms with Crippen molar-refractivity contribution in [1.29, 1.82) is 0 Å². The van der Waals surface area contributed by atoms with Crippen molar-refractivity contribution >= 4 is 22.4 Å². The number of rotatable bonds is 3. The first-order valence-corrected chi connectivity index (χ1v) is 8.15. The van der Waals surface area contributed by atoms with Gasteiger partial charge in [0.1, 0.15) is 0 Å². The fourth-order valence-electron chi connectivity index (χ4n) is 2.48. The van der Waals surface area contributed by atoms with E-state index in [4.69, 9.17) is 4.79 Å². The highest BCUT2D eigenvalue weighted by molar-refractivity contribution is 9.10. The third kappa shape index (κ3) is 5.66. The van der Waals surface area contributed by atoms with Crippen LogP contribution in [-0.2, 0) is 9.53 Å². The van der Waals surface area contributed by atoms with E-state index >= 15 is 0 Å². The molecule has 1 aliphatic carbocycles. The summed E-state index contributed by atoms with van der Waals surface area (Å²) < 4.78 is 5.08. The maximum atomic E-state index is 8.95. The van der Waals surface area contributed by atoms with E-state index < -0.39 is 0 Å². The van der Waals surface area contributed by atoms with E-state index in [0.717, 1.165) is 11.8 Å². The van der Waals surface area contributed by atoms with Gasteiger partial charge in [-0.3, -0.25) is 4.79 Å². The summed E-state index contributed by atoms with van der Waals surface area (Å²) in [5.41, 5.74) is 3.02. The molecule has 0 N–H and O–H groups in total. The summed E-state index contributed by atoms with van der Waals surface area (Å²) in [6.45, 7) is 8.91. The number of methoxy groups -OCH3 is 1. The van der Waals surface area contributed by atoms with Crippen LogP contribution in [0.25, 0.3) is 0 Å². The first kappa shape index (κ1) is 19.2. The maximum Gasteiger partial charge on any atom is 0.292 e. The Morgan fingerprint density at radius 3 is 2.35 bits per heavy atom.